The van der Waals surface area contributed by atoms with Gasteiger partial charge in [0.05, 0.1) is 0 Å². The molecule has 0 saturated heterocycles. The predicted molar refractivity (Wildman–Crippen MR) is 47.0 cm³/mol. The van der Waals surface area contributed by atoms with E-state index >= 15 is 0 Å². The fourth-order valence-electron chi connectivity index (χ4n) is 1.11. The zero-order valence-corrected chi connectivity index (χ0v) is 8.25. The molecule has 52 valence electrons. The number of thiophene rings is 1. The SMILES string of the molecule is [Ti]=[CH]c1csc2ccccc12. The van der Waals surface area contributed by atoms with Crippen molar-refractivity contribution in [2.75, 3.05) is 0 Å². The van der Waals surface area contributed by atoms with Crippen molar-refractivity contribution < 1.29 is 20.0 Å². The topological polar surface area (TPSA) is 0 Å². The average Bonchev–Trinajstić information content (AvgIpc) is 2.47. The van der Waals surface area contributed by atoms with Gasteiger partial charge in [-0.3, -0.25) is 0 Å². The molecule has 0 nitrogen and oxygen atoms in total. The monoisotopic (exact) mass is 194 g/mol. The predicted octanol–water partition coefficient (Wildman–Crippen LogP) is 2.60. The van der Waals surface area contributed by atoms with Crippen LogP contribution in [0.2, 0.25) is 0 Å². The Morgan fingerprint density at radius 3 is 2.91 bits per heavy atom. The number of rotatable bonds is 1. The third-order valence-electron chi connectivity index (χ3n) is 1.67. The molecule has 0 unspecified atom stereocenters. The van der Waals surface area contributed by atoms with Gasteiger partial charge in [-0.25, -0.2) is 0 Å². The third kappa shape index (κ3) is 1.24. The van der Waals surface area contributed by atoms with Crippen molar-refractivity contribution in [3.05, 3.63) is 35.2 Å². The van der Waals surface area contributed by atoms with Gasteiger partial charge < -0.3 is 0 Å². The molecule has 0 spiro atoms. The summed E-state index contributed by atoms with van der Waals surface area (Å²) in [5, 5.41) is 3.57. The van der Waals surface area contributed by atoms with E-state index in [1.807, 2.05) is 11.3 Å². The molecule has 1 heterocycles. The number of hydrogen-bond donors (Lipinski definition) is 0. The Kier molecular flexibility index (Phi) is 2.03. The first-order valence-electron chi connectivity index (χ1n) is 3.38. The van der Waals surface area contributed by atoms with Crippen molar-refractivity contribution in [1.82, 2.24) is 0 Å². The molecule has 0 radical (unpaired) electrons. The van der Waals surface area contributed by atoms with Crippen LogP contribution < -0.4 is 0 Å². The number of benzene rings is 1. The minimum atomic E-state index is 1.35. The van der Waals surface area contributed by atoms with Gasteiger partial charge in [-0.1, -0.05) is 0 Å². The summed E-state index contributed by atoms with van der Waals surface area (Å²) in [7, 11) is 0. The van der Waals surface area contributed by atoms with E-state index in [4.69, 9.17) is 0 Å². The van der Waals surface area contributed by atoms with E-state index in [-0.39, 0.29) is 0 Å². The summed E-state index contributed by atoms with van der Waals surface area (Å²) in [6.07, 6.45) is 0. The van der Waals surface area contributed by atoms with Gasteiger partial charge in [-0.05, 0) is 0 Å². The van der Waals surface area contributed by atoms with E-state index in [0.717, 1.165) is 0 Å². The van der Waals surface area contributed by atoms with Crippen molar-refractivity contribution in [3.8, 4) is 0 Å². The summed E-state index contributed by atoms with van der Waals surface area (Å²) < 4.78 is 3.53. The fraction of sp³-hybridized carbons (Fsp3) is 0. The molecule has 0 bridgehead atoms. The molecule has 0 aliphatic heterocycles. The summed E-state index contributed by atoms with van der Waals surface area (Å²) in [6.45, 7) is 0. The standard InChI is InChI=1S/C9H6S.Ti/c1-7-6-10-9-5-3-2-4-8(7)9;/h1-6H;. The van der Waals surface area contributed by atoms with Crippen molar-refractivity contribution in [2.45, 2.75) is 0 Å². The van der Waals surface area contributed by atoms with Gasteiger partial charge in [0, 0.05) is 0 Å². The molecule has 0 fully saturated rings. The van der Waals surface area contributed by atoms with Gasteiger partial charge in [0.25, 0.3) is 0 Å². The van der Waals surface area contributed by atoms with Gasteiger partial charge in [-0.15, -0.1) is 0 Å². The van der Waals surface area contributed by atoms with E-state index in [2.05, 4.69) is 53.9 Å². The normalized spacial score (nSPS) is 10.1. The Hall–Kier alpha value is -0.236. The second kappa shape index (κ2) is 3.02. The average molecular weight is 194 g/mol. The van der Waals surface area contributed by atoms with E-state index < -0.39 is 0 Å². The van der Waals surface area contributed by atoms with Gasteiger partial charge in [-0.2, -0.15) is 0 Å². The van der Waals surface area contributed by atoms with E-state index in [9.17, 15) is 0 Å². The Morgan fingerprint density at radius 1 is 1.27 bits per heavy atom. The first-order chi connectivity index (χ1) is 5.42. The quantitative estimate of drug-likeness (QED) is 0.612. The van der Waals surface area contributed by atoms with Crippen LogP contribution in [0.1, 0.15) is 5.56 Å². The van der Waals surface area contributed by atoms with Crippen LogP contribution in [-0.2, 0) is 20.0 Å². The van der Waals surface area contributed by atoms with Crippen LogP contribution in [0.25, 0.3) is 10.1 Å². The maximum atomic E-state index is 2.20. The zero-order chi connectivity index (χ0) is 7.68. The molecule has 2 heteroatoms. The summed E-state index contributed by atoms with van der Waals surface area (Å²) in [5.41, 5.74) is 1.35. The molecule has 0 N–H and O–H groups in total. The Labute approximate surface area is 80.8 Å². The second-order valence-corrected chi connectivity index (χ2v) is 3.69. The van der Waals surface area contributed by atoms with Crippen molar-refractivity contribution in [2.24, 2.45) is 0 Å². The summed E-state index contributed by atoms with van der Waals surface area (Å²) in [6, 6.07) is 8.49. The van der Waals surface area contributed by atoms with Gasteiger partial charge >= 0.3 is 80.9 Å². The number of fused-ring (bicyclic) bond motifs is 1. The van der Waals surface area contributed by atoms with Crippen LogP contribution in [-0.4, -0.2) is 4.31 Å². The zero-order valence-electron chi connectivity index (χ0n) is 5.87. The number of hydrogen-bond acceptors (Lipinski definition) is 1. The molecule has 0 atom stereocenters. The molecule has 0 amide bonds. The molecule has 0 aliphatic rings. The first kappa shape index (κ1) is 7.42. The molecule has 2 aromatic rings. The maximum absolute atomic E-state index is 2.20. The molecule has 0 aliphatic carbocycles. The molecule has 0 saturated carbocycles. The third-order valence-corrected chi connectivity index (χ3v) is 3.13. The molecule has 11 heavy (non-hydrogen) atoms. The molecule has 2 rings (SSSR count). The van der Waals surface area contributed by atoms with E-state index in [0.29, 0.717) is 0 Å². The molecule has 1 aromatic heterocycles. The Morgan fingerprint density at radius 2 is 2.09 bits per heavy atom. The van der Waals surface area contributed by atoms with Crippen molar-refractivity contribution >= 4 is 25.7 Å². The fourth-order valence-corrected chi connectivity index (χ4v) is 2.59. The summed E-state index contributed by atoms with van der Waals surface area (Å²) >= 11 is 3.89. The van der Waals surface area contributed by atoms with Crippen molar-refractivity contribution in [3.63, 3.8) is 0 Å². The van der Waals surface area contributed by atoms with E-state index in [1.165, 1.54) is 15.6 Å². The van der Waals surface area contributed by atoms with Gasteiger partial charge in [0.2, 0.25) is 0 Å². The van der Waals surface area contributed by atoms with E-state index in [1.54, 1.807) is 0 Å². The minimum absolute atomic E-state index is 1.35. The Bertz CT molecular complexity index is 389. The van der Waals surface area contributed by atoms with Crippen LogP contribution in [0.15, 0.2) is 29.6 Å². The summed E-state index contributed by atoms with van der Waals surface area (Å²) in [5.74, 6) is 0. The summed E-state index contributed by atoms with van der Waals surface area (Å²) in [4.78, 5) is 0. The Balaban J connectivity index is 2.86. The molecular weight excluding hydrogens is 188 g/mol. The first-order valence-corrected chi connectivity index (χ1v) is 5.16. The van der Waals surface area contributed by atoms with Crippen molar-refractivity contribution in [1.29, 1.82) is 0 Å². The van der Waals surface area contributed by atoms with Crippen LogP contribution in [0.4, 0.5) is 0 Å². The van der Waals surface area contributed by atoms with Gasteiger partial charge in [0.1, 0.15) is 0 Å². The van der Waals surface area contributed by atoms with Crippen LogP contribution in [0.5, 0.6) is 0 Å². The van der Waals surface area contributed by atoms with Crippen LogP contribution in [0, 0.1) is 0 Å². The molecule has 1 aromatic carbocycles. The van der Waals surface area contributed by atoms with Crippen LogP contribution in [0.3, 0.4) is 0 Å². The second-order valence-electron chi connectivity index (χ2n) is 2.33. The van der Waals surface area contributed by atoms with Crippen LogP contribution >= 0.6 is 11.3 Å². The van der Waals surface area contributed by atoms with Gasteiger partial charge in [0.15, 0.2) is 0 Å². The molecular formula is C9H6STi.